The largest absolute Gasteiger partial charge is 0.490 e. The summed E-state index contributed by atoms with van der Waals surface area (Å²) in [5.41, 5.74) is 5.51. The summed E-state index contributed by atoms with van der Waals surface area (Å²) in [5.74, 6) is 0.321. The maximum atomic E-state index is 12.2. The third kappa shape index (κ3) is 7.47. The normalized spacial score (nSPS) is 10.6. The van der Waals surface area contributed by atoms with Crippen LogP contribution in [-0.2, 0) is 4.79 Å². The number of nitrogens with one attached hydrogen (secondary N) is 2. The molecule has 0 radical (unpaired) electrons. The molecule has 2 amide bonds. The lowest BCUT2D eigenvalue weighted by Crippen LogP contribution is -2.20. The molecule has 0 fully saturated rings. The van der Waals surface area contributed by atoms with Crippen molar-refractivity contribution in [2.45, 2.75) is 13.8 Å². The fourth-order valence-corrected chi connectivity index (χ4v) is 3.07. The molecule has 0 spiro atoms. The maximum Gasteiger partial charge on any atom is 0.271 e. The first kappa shape index (κ1) is 24.0. The van der Waals surface area contributed by atoms with E-state index >= 15 is 0 Å². The lowest BCUT2D eigenvalue weighted by atomic mass is 10.2. The summed E-state index contributed by atoms with van der Waals surface area (Å²) in [6, 6.07) is 19.7. The number of hydrogen-bond donors (Lipinski definition) is 2. The smallest absolute Gasteiger partial charge is 0.271 e. The van der Waals surface area contributed by atoms with Crippen LogP contribution in [-0.4, -0.2) is 31.2 Å². The van der Waals surface area contributed by atoms with E-state index < -0.39 is 0 Å². The molecule has 7 nitrogen and oxygen atoms in total. The van der Waals surface area contributed by atoms with Crippen LogP contribution in [0.4, 0.5) is 5.69 Å². The highest BCUT2D eigenvalue weighted by Crippen LogP contribution is 2.28. The van der Waals surface area contributed by atoms with Crippen LogP contribution in [0.3, 0.4) is 0 Å². The number of aryl methyl sites for hydroxylation is 1. The van der Waals surface area contributed by atoms with Crippen molar-refractivity contribution >= 4 is 39.6 Å². The molecule has 0 unspecified atom stereocenters. The summed E-state index contributed by atoms with van der Waals surface area (Å²) in [4.78, 5) is 24.4. The Morgan fingerprint density at radius 3 is 2.39 bits per heavy atom. The molecule has 3 aromatic carbocycles. The van der Waals surface area contributed by atoms with Crippen molar-refractivity contribution in [2.24, 2.45) is 5.10 Å². The summed E-state index contributed by atoms with van der Waals surface area (Å²) in [6.07, 6.45) is 1.51. The Bertz CT molecular complexity index is 1130. The predicted molar refractivity (Wildman–Crippen MR) is 132 cm³/mol. The molecule has 0 heterocycles. The van der Waals surface area contributed by atoms with E-state index in [-0.39, 0.29) is 18.4 Å². The molecule has 2 N–H and O–H groups in total. The number of hydrogen-bond acceptors (Lipinski definition) is 5. The number of ether oxygens (including phenoxy) is 2. The van der Waals surface area contributed by atoms with Crippen LogP contribution >= 0.6 is 15.9 Å². The second-order valence-corrected chi connectivity index (χ2v) is 7.96. The molecule has 0 saturated heterocycles. The van der Waals surface area contributed by atoms with Gasteiger partial charge in [-0.1, -0.05) is 33.6 Å². The molecule has 3 aromatic rings. The molecule has 0 aromatic heterocycles. The number of halogens is 1. The molecule has 0 aliphatic carbocycles. The number of amides is 2. The van der Waals surface area contributed by atoms with Crippen LogP contribution in [0.2, 0.25) is 0 Å². The van der Waals surface area contributed by atoms with Gasteiger partial charge in [0.15, 0.2) is 18.1 Å². The number of hydrazone groups is 1. The number of nitrogens with zero attached hydrogens (tertiary/aromatic N) is 1. The van der Waals surface area contributed by atoms with Crippen LogP contribution in [0.5, 0.6) is 11.5 Å². The van der Waals surface area contributed by atoms with Crippen molar-refractivity contribution in [3.05, 3.63) is 87.9 Å². The Kier molecular flexibility index (Phi) is 8.60. The van der Waals surface area contributed by atoms with E-state index in [9.17, 15) is 9.59 Å². The van der Waals surface area contributed by atoms with Crippen LogP contribution < -0.4 is 20.2 Å². The van der Waals surface area contributed by atoms with Crippen LogP contribution in [0.25, 0.3) is 0 Å². The van der Waals surface area contributed by atoms with E-state index in [1.54, 1.807) is 42.5 Å². The minimum atomic E-state index is -0.316. The first-order valence-corrected chi connectivity index (χ1v) is 11.1. The van der Waals surface area contributed by atoms with E-state index in [2.05, 4.69) is 31.8 Å². The first-order chi connectivity index (χ1) is 15.9. The highest BCUT2D eigenvalue weighted by atomic mass is 79.9. The van der Waals surface area contributed by atoms with E-state index in [0.29, 0.717) is 34.9 Å². The second kappa shape index (κ2) is 11.8. The minimum absolute atomic E-state index is 0.162. The Hall–Kier alpha value is -3.65. The van der Waals surface area contributed by atoms with Crippen LogP contribution in [0.15, 0.2) is 76.3 Å². The van der Waals surface area contributed by atoms with E-state index in [4.69, 9.17) is 9.47 Å². The van der Waals surface area contributed by atoms with E-state index in [1.807, 2.05) is 38.1 Å². The zero-order chi connectivity index (χ0) is 23.6. The van der Waals surface area contributed by atoms with Gasteiger partial charge in [-0.3, -0.25) is 9.59 Å². The van der Waals surface area contributed by atoms with Crippen LogP contribution in [0, 0.1) is 6.92 Å². The second-order valence-electron chi connectivity index (χ2n) is 7.05. The van der Waals surface area contributed by atoms with Gasteiger partial charge in [-0.05, 0) is 74.0 Å². The van der Waals surface area contributed by atoms with Gasteiger partial charge in [0.1, 0.15) is 0 Å². The Balaban J connectivity index is 1.59. The minimum Gasteiger partial charge on any atom is -0.490 e. The summed E-state index contributed by atoms with van der Waals surface area (Å²) >= 11 is 3.33. The average molecular weight is 510 g/mol. The molecular weight excluding hydrogens is 486 g/mol. The van der Waals surface area contributed by atoms with Crippen LogP contribution in [0.1, 0.15) is 28.4 Å². The van der Waals surface area contributed by atoms with E-state index in [1.165, 1.54) is 6.21 Å². The van der Waals surface area contributed by atoms with Gasteiger partial charge < -0.3 is 14.8 Å². The van der Waals surface area contributed by atoms with Gasteiger partial charge in [-0.2, -0.15) is 5.10 Å². The third-order valence-electron chi connectivity index (χ3n) is 4.45. The standard InChI is InChI=1S/C25H24BrN3O4/c1-3-32-23-14-18(15-27-29-25(31)19-7-9-20(26)10-8-19)6-13-22(23)33-16-24(30)28-21-11-4-17(2)5-12-21/h4-15H,3,16H2,1-2H3,(H,28,30)(H,29,31)/b27-15+. The molecule has 0 saturated carbocycles. The Morgan fingerprint density at radius 1 is 0.970 bits per heavy atom. The summed E-state index contributed by atoms with van der Waals surface area (Å²) in [6.45, 7) is 4.10. The number of carbonyl (C=O) groups is 2. The molecule has 0 aliphatic rings. The number of carbonyl (C=O) groups excluding carboxylic acids is 2. The Morgan fingerprint density at radius 2 is 1.70 bits per heavy atom. The van der Waals surface area contributed by atoms with Crippen molar-refractivity contribution in [2.75, 3.05) is 18.5 Å². The molecule has 0 aliphatic heterocycles. The van der Waals surface area contributed by atoms with Crippen molar-refractivity contribution in [1.29, 1.82) is 0 Å². The zero-order valence-electron chi connectivity index (χ0n) is 18.3. The number of anilines is 1. The lowest BCUT2D eigenvalue weighted by Gasteiger charge is -2.12. The van der Waals surface area contributed by atoms with E-state index in [0.717, 1.165) is 10.0 Å². The van der Waals surface area contributed by atoms with Gasteiger partial charge in [-0.25, -0.2) is 5.43 Å². The fourth-order valence-electron chi connectivity index (χ4n) is 2.80. The predicted octanol–water partition coefficient (Wildman–Crippen LogP) is 4.94. The van der Waals surface area contributed by atoms with Crippen molar-refractivity contribution < 1.29 is 19.1 Å². The molecule has 8 heteroatoms. The highest BCUT2D eigenvalue weighted by molar-refractivity contribution is 9.10. The lowest BCUT2D eigenvalue weighted by molar-refractivity contribution is -0.118. The van der Waals surface area contributed by atoms with Gasteiger partial charge in [0, 0.05) is 15.7 Å². The van der Waals surface area contributed by atoms with Crippen molar-refractivity contribution in [1.82, 2.24) is 5.43 Å². The van der Waals surface area contributed by atoms with Gasteiger partial charge >= 0.3 is 0 Å². The third-order valence-corrected chi connectivity index (χ3v) is 4.98. The summed E-state index contributed by atoms with van der Waals surface area (Å²) < 4.78 is 12.2. The summed E-state index contributed by atoms with van der Waals surface area (Å²) in [7, 11) is 0. The number of benzene rings is 3. The van der Waals surface area contributed by atoms with Crippen molar-refractivity contribution in [3.63, 3.8) is 0 Å². The molecule has 33 heavy (non-hydrogen) atoms. The fraction of sp³-hybridized carbons (Fsp3) is 0.160. The number of rotatable bonds is 9. The van der Waals surface area contributed by atoms with Gasteiger partial charge in [0.2, 0.25) is 0 Å². The van der Waals surface area contributed by atoms with Crippen molar-refractivity contribution in [3.8, 4) is 11.5 Å². The zero-order valence-corrected chi connectivity index (χ0v) is 19.9. The first-order valence-electron chi connectivity index (χ1n) is 10.3. The quantitative estimate of drug-likeness (QED) is 0.316. The molecule has 0 atom stereocenters. The average Bonchev–Trinajstić information content (AvgIpc) is 2.80. The topological polar surface area (TPSA) is 89.0 Å². The molecule has 170 valence electrons. The Labute approximate surface area is 200 Å². The molecular formula is C25H24BrN3O4. The molecule has 0 bridgehead atoms. The van der Waals surface area contributed by atoms with Gasteiger partial charge in [-0.15, -0.1) is 0 Å². The maximum absolute atomic E-state index is 12.2. The van der Waals surface area contributed by atoms with Gasteiger partial charge in [0.05, 0.1) is 12.8 Å². The molecule has 3 rings (SSSR count). The summed E-state index contributed by atoms with van der Waals surface area (Å²) in [5, 5.41) is 6.79. The monoisotopic (exact) mass is 509 g/mol. The highest BCUT2D eigenvalue weighted by Gasteiger charge is 2.10. The SMILES string of the molecule is CCOc1cc(/C=N/NC(=O)c2ccc(Br)cc2)ccc1OCC(=O)Nc1ccc(C)cc1. The van der Waals surface area contributed by atoms with Gasteiger partial charge in [0.25, 0.3) is 11.8 Å².